The molecule has 1 amide bonds. The van der Waals surface area contributed by atoms with Crippen LogP contribution >= 0.6 is 23.8 Å². The highest BCUT2D eigenvalue weighted by atomic mass is 35.5. The van der Waals surface area contributed by atoms with Crippen LogP contribution in [0.1, 0.15) is 27.2 Å². The first-order valence-electron chi connectivity index (χ1n) is 9.74. The molecule has 6 nitrogen and oxygen atoms in total. The third-order valence-corrected chi connectivity index (χ3v) is 5.61. The van der Waals surface area contributed by atoms with E-state index in [4.69, 9.17) is 23.8 Å². The van der Waals surface area contributed by atoms with Gasteiger partial charge >= 0.3 is 0 Å². The second kappa shape index (κ2) is 9.20. The van der Waals surface area contributed by atoms with Gasteiger partial charge in [0.05, 0.1) is 0 Å². The molecule has 152 valence electrons. The monoisotopic (exact) mass is 421 g/mol. The van der Waals surface area contributed by atoms with E-state index in [-0.39, 0.29) is 18.5 Å². The fourth-order valence-corrected chi connectivity index (χ4v) is 4.44. The van der Waals surface area contributed by atoms with E-state index >= 15 is 0 Å². The van der Waals surface area contributed by atoms with E-state index in [0.29, 0.717) is 27.5 Å². The average Bonchev–Trinajstić information content (AvgIpc) is 2.95. The Bertz CT molecular complexity index is 852. The Morgan fingerprint density at radius 3 is 2.61 bits per heavy atom. The lowest BCUT2D eigenvalue weighted by molar-refractivity contribution is -0.122. The molecule has 1 fully saturated rings. The highest BCUT2D eigenvalue weighted by molar-refractivity contribution is 7.71. The Balaban J connectivity index is 1.61. The Labute approximate surface area is 176 Å². The van der Waals surface area contributed by atoms with E-state index in [1.54, 1.807) is 16.7 Å². The van der Waals surface area contributed by atoms with Crippen molar-refractivity contribution in [2.75, 3.05) is 19.6 Å². The maximum atomic E-state index is 12.6. The van der Waals surface area contributed by atoms with Gasteiger partial charge in [0.1, 0.15) is 6.54 Å². The Kier molecular flexibility index (Phi) is 6.91. The molecule has 28 heavy (non-hydrogen) atoms. The third kappa shape index (κ3) is 5.43. The highest BCUT2D eigenvalue weighted by Crippen LogP contribution is 2.21. The van der Waals surface area contributed by atoms with Gasteiger partial charge in [0, 0.05) is 36.3 Å². The molecule has 1 saturated heterocycles. The lowest BCUT2D eigenvalue weighted by atomic mass is 9.92. The van der Waals surface area contributed by atoms with Crippen molar-refractivity contribution in [2.24, 2.45) is 11.8 Å². The van der Waals surface area contributed by atoms with E-state index in [2.05, 4.69) is 41.2 Å². The molecule has 8 heteroatoms. The summed E-state index contributed by atoms with van der Waals surface area (Å²) in [5.74, 6) is 1.97. The molecule has 2 heterocycles. The smallest absolute Gasteiger partial charge is 0.240 e. The zero-order valence-corrected chi connectivity index (χ0v) is 18.2. The molecule has 3 unspecified atom stereocenters. The van der Waals surface area contributed by atoms with E-state index in [1.165, 1.54) is 6.42 Å². The first kappa shape index (κ1) is 21.0. The van der Waals surface area contributed by atoms with E-state index in [0.717, 1.165) is 25.2 Å². The summed E-state index contributed by atoms with van der Waals surface area (Å²) in [6.45, 7) is 9.83. The number of halogens is 1. The molecule has 0 spiro atoms. The van der Waals surface area contributed by atoms with E-state index < -0.39 is 0 Å². The standard InChI is InChI=1S/C20H28ClN5OS/c1-13-8-14(2)10-25(9-13)11-15(3)22-18(27)12-26-19(23-24-20(26)28)16-4-6-17(21)7-5-16/h4-7,13-15H,8-12H2,1-3H3,(H,22,27)(H,24,28). The van der Waals surface area contributed by atoms with Crippen LogP contribution in [0.15, 0.2) is 24.3 Å². The molecular formula is C20H28ClN5OS. The molecule has 0 aliphatic carbocycles. The van der Waals surface area contributed by atoms with Gasteiger partial charge in [-0.3, -0.25) is 14.5 Å². The van der Waals surface area contributed by atoms with Gasteiger partial charge in [-0.05, 0) is 61.7 Å². The van der Waals surface area contributed by atoms with E-state index in [9.17, 15) is 4.79 Å². The fourth-order valence-electron chi connectivity index (χ4n) is 4.12. The lowest BCUT2D eigenvalue weighted by Crippen LogP contribution is -2.47. The van der Waals surface area contributed by atoms with Crippen molar-refractivity contribution in [1.29, 1.82) is 0 Å². The summed E-state index contributed by atoms with van der Waals surface area (Å²) in [5.41, 5.74) is 0.855. The Morgan fingerprint density at radius 2 is 1.96 bits per heavy atom. The summed E-state index contributed by atoms with van der Waals surface area (Å²) in [7, 11) is 0. The normalized spacial score (nSPS) is 21.4. The number of hydrogen-bond acceptors (Lipinski definition) is 4. The lowest BCUT2D eigenvalue weighted by Gasteiger charge is -2.36. The number of hydrogen-bond donors (Lipinski definition) is 2. The predicted octanol–water partition coefficient (Wildman–Crippen LogP) is 3.74. The number of benzene rings is 1. The summed E-state index contributed by atoms with van der Waals surface area (Å²) in [4.78, 5) is 15.1. The maximum absolute atomic E-state index is 12.6. The van der Waals surface area contributed by atoms with Crippen molar-refractivity contribution in [3.05, 3.63) is 34.1 Å². The number of aromatic amines is 1. The maximum Gasteiger partial charge on any atom is 0.240 e. The number of nitrogens with zero attached hydrogens (tertiary/aromatic N) is 3. The van der Waals surface area contributed by atoms with Crippen molar-refractivity contribution in [1.82, 2.24) is 25.0 Å². The van der Waals surface area contributed by atoms with Crippen LogP contribution in [0.25, 0.3) is 11.4 Å². The van der Waals surface area contributed by atoms with Crippen molar-refractivity contribution >= 4 is 29.7 Å². The minimum absolute atomic E-state index is 0.0710. The number of amides is 1. The average molecular weight is 422 g/mol. The molecule has 1 aromatic heterocycles. The summed E-state index contributed by atoms with van der Waals surface area (Å²) in [6.07, 6.45) is 1.28. The molecule has 1 aliphatic heterocycles. The highest BCUT2D eigenvalue weighted by Gasteiger charge is 2.23. The van der Waals surface area contributed by atoms with Crippen LogP contribution in [-0.2, 0) is 11.3 Å². The minimum Gasteiger partial charge on any atom is -0.351 e. The van der Waals surface area contributed by atoms with Gasteiger partial charge in [0.25, 0.3) is 0 Å². The number of carbonyl (C=O) groups is 1. The summed E-state index contributed by atoms with van der Waals surface area (Å²) in [6, 6.07) is 7.39. The first-order chi connectivity index (χ1) is 13.3. The van der Waals surface area contributed by atoms with Crippen molar-refractivity contribution in [2.45, 2.75) is 39.8 Å². The number of nitrogens with one attached hydrogen (secondary N) is 2. The number of likely N-dealkylation sites (tertiary alicyclic amines) is 1. The van der Waals surface area contributed by atoms with Gasteiger partial charge in [0.2, 0.25) is 5.91 Å². The van der Waals surface area contributed by atoms with Crippen LogP contribution in [0.5, 0.6) is 0 Å². The van der Waals surface area contributed by atoms with Gasteiger partial charge in [-0.25, -0.2) is 0 Å². The van der Waals surface area contributed by atoms with Gasteiger partial charge < -0.3 is 10.2 Å². The molecule has 0 bridgehead atoms. The van der Waals surface area contributed by atoms with Gasteiger partial charge in [0.15, 0.2) is 10.6 Å². The van der Waals surface area contributed by atoms with Crippen LogP contribution in [0.3, 0.4) is 0 Å². The van der Waals surface area contributed by atoms with Crippen LogP contribution in [0.2, 0.25) is 5.02 Å². The molecule has 2 aromatic rings. The third-order valence-electron chi connectivity index (χ3n) is 5.05. The second-order valence-corrected chi connectivity index (χ2v) is 8.90. The number of carbonyl (C=O) groups excluding carboxylic acids is 1. The van der Waals surface area contributed by atoms with Gasteiger partial charge in [-0.2, -0.15) is 5.10 Å². The molecule has 3 rings (SSSR count). The van der Waals surface area contributed by atoms with Crippen molar-refractivity contribution in [3.8, 4) is 11.4 Å². The van der Waals surface area contributed by atoms with Crippen LogP contribution in [-0.4, -0.2) is 51.2 Å². The molecule has 3 atom stereocenters. The summed E-state index contributed by atoms with van der Waals surface area (Å²) >= 11 is 11.3. The molecule has 1 aromatic carbocycles. The van der Waals surface area contributed by atoms with Crippen LogP contribution in [0, 0.1) is 16.6 Å². The van der Waals surface area contributed by atoms with Crippen molar-refractivity contribution in [3.63, 3.8) is 0 Å². The summed E-state index contributed by atoms with van der Waals surface area (Å²) < 4.78 is 2.14. The van der Waals surface area contributed by atoms with Crippen LogP contribution < -0.4 is 5.32 Å². The Morgan fingerprint density at radius 1 is 1.32 bits per heavy atom. The largest absolute Gasteiger partial charge is 0.351 e. The molecule has 1 aliphatic rings. The number of aromatic nitrogens is 3. The minimum atomic E-state index is -0.0710. The molecule has 0 saturated carbocycles. The molecule has 2 N–H and O–H groups in total. The number of rotatable bonds is 6. The summed E-state index contributed by atoms with van der Waals surface area (Å²) in [5, 5.41) is 10.8. The topological polar surface area (TPSA) is 66.0 Å². The number of piperidine rings is 1. The quantitative estimate of drug-likeness (QED) is 0.697. The second-order valence-electron chi connectivity index (χ2n) is 8.08. The van der Waals surface area contributed by atoms with Gasteiger partial charge in [-0.15, -0.1) is 0 Å². The predicted molar refractivity (Wildman–Crippen MR) is 115 cm³/mol. The van der Waals surface area contributed by atoms with Gasteiger partial charge in [-0.1, -0.05) is 25.4 Å². The van der Waals surface area contributed by atoms with Crippen molar-refractivity contribution < 1.29 is 4.79 Å². The van der Waals surface area contributed by atoms with Crippen LogP contribution in [0.4, 0.5) is 0 Å². The molecular weight excluding hydrogens is 394 g/mol. The Hall–Kier alpha value is -1.70. The molecule has 0 radical (unpaired) electrons. The SMILES string of the molecule is CC1CC(C)CN(CC(C)NC(=O)Cn2c(-c3ccc(Cl)cc3)n[nH]c2=S)C1. The number of H-pyrrole nitrogens is 1. The fraction of sp³-hybridized carbons (Fsp3) is 0.550. The zero-order chi connectivity index (χ0) is 20.3. The first-order valence-corrected chi connectivity index (χ1v) is 10.5. The zero-order valence-electron chi connectivity index (χ0n) is 16.6. The van der Waals surface area contributed by atoms with E-state index in [1.807, 2.05) is 12.1 Å².